The molecule has 2 rings (SSSR count). The van der Waals surface area contributed by atoms with Crippen molar-refractivity contribution in [2.24, 2.45) is 5.92 Å². The summed E-state index contributed by atoms with van der Waals surface area (Å²) in [7, 11) is -1.78. The van der Waals surface area contributed by atoms with E-state index in [1.54, 1.807) is 13.0 Å². The van der Waals surface area contributed by atoms with Gasteiger partial charge in [-0.25, -0.2) is 4.79 Å². The molecule has 0 aromatic heterocycles. The zero-order valence-electron chi connectivity index (χ0n) is 14.1. The van der Waals surface area contributed by atoms with Gasteiger partial charge in [0, 0.05) is 13.0 Å². The third-order valence-electron chi connectivity index (χ3n) is 4.04. The van der Waals surface area contributed by atoms with Gasteiger partial charge in [0.1, 0.15) is 18.2 Å². The number of rotatable bonds is 9. The van der Waals surface area contributed by atoms with Crippen molar-refractivity contribution in [2.45, 2.75) is 25.2 Å². The summed E-state index contributed by atoms with van der Waals surface area (Å²) in [5.41, 5.74) is 0.877. The SMILES string of the molecule is C=C[C@@H]1C[C@]1(NC(=O)OCc1ccccc1)P(=O)(COC)OCC. The highest BCUT2D eigenvalue weighted by atomic mass is 31.2. The van der Waals surface area contributed by atoms with E-state index in [2.05, 4.69) is 11.9 Å². The van der Waals surface area contributed by atoms with Crippen LogP contribution in [0.4, 0.5) is 4.79 Å². The minimum Gasteiger partial charge on any atom is -0.445 e. The molecule has 0 aliphatic heterocycles. The number of hydrogen-bond acceptors (Lipinski definition) is 5. The van der Waals surface area contributed by atoms with Gasteiger partial charge in [-0.05, 0) is 18.9 Å². The molecule has 0 heterocycles. The molecule has 3 atom stereocenters. The number of ether oxygens (including phenoxy) is 2. The molecular formula is C17H24NO5P. The minimum atomic E-state index is -3.24. The fourth-order valence-corrected chi connectivity index (χ4v) is 5.40. The van der Waals surface area contributed by atoms with Crippen LogP contribution in [0.15, 0.2) is 43.0 Å². The summed E-state index contributed by atoms with van der Waals surface area (Å²) in [4.78, 5) is 12.2. The molecule has 0 spiro atoms. The van der Waals surface area contributed by atoms with E-state index >= 15 is 0 Å². The number of amides is 1. The van der Waals surface area contributed by atoms with Crippen LogP contribution in [0, 0.1) is 5.92 Å². The molecule has 7 heteroatoms. The van der Waals surface area contributed by atoms with Gasteiger partial charge in [-0.2, -0.15) is 0 Å². The smallest absolute Gasteiger partial charge is 0.408 e. The Morgan fingerprint density at radius 3 is 2.71 bits per heavy atom. The lowest BCUT2D eigenvalue weighted by molar-refractivity contribution is 0.135. The van der Waals surface area contributed by atoms with E-state index in [1.165, 1.54) is 7.11 Å². The van der Waals surface area contributed by atoms with Crippen molar-refractivity contribution in [1.29, 1.82) is 0 Å². The molecule has 1 N–H and O–H groups in total. The van der Waals surface area contributed by atoms with Crippen LogP contribution in [0.25, 0.3) is 0 Å². The normalized spacial score (nSPS) is 24.7. The Morgan fingerprint density at radius 2 is 2.17 bits per heavy atom. The van der Waals surface area contributed by atoms with Gasteiger partial charge in [0.15, 0.2) is 0 Å². The van der Waals surface area contributed by atoms with Gasteiger partial charge in [-0.1, -0.05) is 36.4 Å². The van der Waals surface area contributed by atoms with Crippen molar-refractivity contribution in [3.8, 4) is 0 Å². The van der Waals surface area contributed by atoms with Crippen molar-refractivity contribution in [3.63, 3.8) is 0 Å². The number of nitrogens with one attached hydrogen (secondary N) is 1. The van der Waals surface area contributed by atoms with E-state index in [-0.39, 0.29) is 25.5 Å². The first-order valence-corrected chi connectivity index (χ1v) is 9.66. The molecule has 1 aromatic carbocycles. The largest absolute Gasteiger partial charge is 0.445 e. The van der Waals surface area contributed by atoms with Crippen LogP contribution < -0.4 is 5.32 Å². The Hall–Kier alpha value is -1.62. The van der Waals surface area contributed by atoms with Crippen LogP contribution in [0.1, 0.15) is 18.9 Å². The van der Waals surface area contributed by atoms with Crippen molar-refractivity contribution in [3.05, 3.63) is 48.6 Å². The van der Waals surface area contributed by atoms with Crippen LogP contribution in [0.2, 0.25) is 0 Å². The number of carbonyl (C=O) groups excluding carboxylic acids is 1. The van der Waals surface area contributed by atoms with Crippen LogP contribution in [0.3, 0.4) is 0 Å². The van der Waals surface area contributed by atoms with E-state index in [1.807, 2.05) is 30.3 Å². The first-order chi connectivity index (χ1) is 11.5. The van der Waals surface area contributed by atoms with Gasteiger partial charge in [-0.3, -0.25) is 4.57 Å². The average Bonchev–Trinajstić information content (AvgIpc) is 3.29. The molecule has 132 valence electrons. The van der Waals surface area contributed by atoms with Gasteiger partial charge in [0.05, 0.1) is 6.61 Å². The predicted octanol–water partition coefficient (Wildman–Crippen LogP) is 3.73. The van der Waals surface area contributed by atoms with Crippen molar-refractivity contribution in [2.75, 3.05) is 20.1 Å². The molecule has 6 nitrogen and oxygen atoms in total. The number of carbonyl (C=O) groups is 1. The Kier molecular flexibility index (Phi) is 6.21. The Bertz CT molecular complexity index is 611. The predicted molar refractivity (Wildman–Crippen MR) is 91.9 cm³/mol. The van der Waals surface area contributed by atoms with E-state index < -0.39 is 18.7 Å². The number of methoxy groups -OCH3 is 1. The molecule has 1 amide bonds. The van der Waals surface area contributed by atoms with E-state index in [0.29, 0.717) is 6.42 Å². The third kappa shape index (κ3) is 3.89. The maximum atomic E-state index is 13.2. The van der Waals surface area contributed by atoms with Gasteiger partial charge in [0.2, 0.25) is 0 Å². The third-order valence-corrected chi connectivity index (χ3v) is 7.16. The summed E-state index contributed by atoms with van der Waals surface area (Å²) in [6.07, 6.45) is 1.49. The van der Waals surface area contributed by atoms with E-state index in [9.17, 15) is 9.36 Å². The van der Waals surface area contributed by atoms with E-state index in [0.717, 1.165) is 5.56 Å². The summed E-state index contributed by atoms with van der Waals surface area (Å²) >= 11 is 0. The van der Waals surface area contributed by atoms with Crippen LogP contribution in [0.5, 0.6) is 0 Å². The molecule has 0 saturated heterocycles. The van der Waals surface area contributed by atoms with Crippen LogP contribution in [-0.4, -0.2) is 31.4 Å². The molecule has 1 fully saturated rings. The minimum absolute atomic E-state index is 0.0653. The fraction of sp³-hybridized carbons (Fsp3) is 0.471. The lowest BCUT2D eigenvalue weighted by Gasteiger charge is -2.28. The highest BCUT2D eigenvalue weighted by Gasteiger charge is 2.66. The van der Waals surface area contributed by atoms with Crippen LogP contribution in [-0.2, 0) is 25.2 Å². The number of hydrogen-bond donors (Lipinski definition) is 1. The second-order valence-corrected chi connectivity index (χ2v) is 8.33. The number of benzene rings is 1. The number of alkyl carbamates (subject to hydrolysis) is 1. The van der Waals surface area contributed by atoms with Crippen molar-refractivity contribution < 1.29 is 23.4 Å². The molecule has 1 saturated carbocycles. The summed E-state index contributed by atoms with van der Waals surface area (Å²) in [5.74, 6) is -0.130. The Morgan fingerprint density at radius 1 is 1.46 bits per heavy atom. The Labute approximate surface area is 142 Å². The van der Waals surface area contributed by atoms with Gasteiger partial charge >= 0.3 is 6.09 Å². The molecule has 1 aliphatic carbocycles. The fourth-order valence-electron chi connectivity index (χ4n) is 2.76. The lowest BCUT2D eigenvalue weighted by Crippen LogP contribution is -2.40. The monoisotopic (exact) mass is 353 g/mol. The lowest BCUT2D eigenvalue weighted by atomic mass is 10.2. The first-order valence-electron chi connectivity index (χ1n) is 7.85. The molecule has 0 bridgehead atoms. The standard InChI is InChI=1S/C17H24NO5P/c1-4-15-11-17(15,24(20,13-21-3)23-5-2)18-16(19)22-12-14-9-7-6-8-10-14/h4,6-10,15H,1,5,11-13H2,2-3H3,(H,18,19)/t15-,17+,24?/m1/s1. The average molecular weight is 353 g/mol. The first kappa shape index (κ1) is 18.7. The van der Waals surface area contributed by atoms with Crippen molar-refractivity contribution >= 4 is 13.5 Å². The molecular weight excluding hydrogens is 329 g/mol. The van der Waals surface area contributed by atoms with Crippen LogP contribution >= 0.6 is 7.37 Å². The second kappa shape index (κ2) is 7.97. The summed E-state index contributed by atoms with van der Waals surface area (Å²) in [6.45, 7) is 5.92. The summed E-state index contributed by atoms with van der Waals surface area (Å²) in [6, 6.07) is 9.36. The van der Waals surface area contributed by atoms with E-state index in [4.69, 9.17) is 14.0 Å². The van der Waals surface area contributed by atoms with Gasteiger partial charge in [0.25, 0.3) is 7.37 Å². The quantitative estimate of drug-likeness (QED) is 0.541. The highest BCUT2D eigenvalue weighted by molar-refractivity contribution is 7.60. The molecule has 1 aromatic rings. The van der Waals surface area contributed by atoms with Crippen molar-refractivity contribution in [1.82, 2.24) is 5.32 Å². The molecule has 24 heavy (non-hydrogen) atoms. The molecule has 1 unspecified atom stereocenters. The maximum absolute atomic E-state index is 13.2. The zero-order valence-corrected chi connectivity index (χ0v) is 15.0. The second-order valence-electron chi connectivity index (χ2n) is 5.67. The van der Waals surface area contributed by atoms with Gasteiger partial charge in [-0.15, -0.1) is 6.58 Å². The molecule has 1 aliphatic rings. The summed E-state index contributed by atoms with van der Waals surface area (Å²) < 4.78 is 29.0. The molecule has 0 radical (unpaired) electrons. The topological polar surface area (TPSA) is 73.9 Å². The zero-order chi connectivity index (χ0) is 17.6. The maximum Gasteiger partial charge on any atom is 0.408 e. The Balaban J connectivity index is 2.06. The highest BCUT2D eigenvalue weighted by Crippen LogP contribution is 2.72. The summed E-state index contributed by atoms with van der Waals surface area (Å²) in [5, 5.41) is 1.76. The van der Waals surface area contributed by atoms with Gasteiger partial charge < -0.3 is 19.3 Å².